The van der Waals surface area contributed by atoms with Gasteiger partial charge >= 0.3 is 5.97 Å². The predicted molar refractivity (Wildman–Crippen MR) is 150 cm³/mol. The Labute approximate surface area is 228 Å². The zero-order valence-electron chi connectivity index (χ0n) is 22.8. The number of phenols is 2. The van der Waals surface area contributed by atoms with Gasteiger partial charge in [0.1, 0.15) is 22.8 Å². The summed E-state index contributed by atoms with van der Waals surface area (Å²) in [4.78, 5) is 12.3. The number of aromatic nitrogens is 1. The van der Waals surface area contributed by atoms with Crippen molar-refractivity contribution in [1.29, 1.82) is 0 Å². The fraction of sp³-hybridized carbons (Fsp3) is 0.387. The maximum absolute atomic E-state index is 12.3. The second-order valence-corrected chi connectivity index (χ2v) is 10.9. The Hall–Kier alpha value is -3.91. The van der Waals surface area contributed by atoms with Crippen molar-refractivity contribution in [2.24, 2.45) is 0 Å². The molecule has 3 aromatic rings. The van der Waals surface area contributed by atoms with Crippen molar-refractivity contribution < 1.29 is 35.1 Å². The highest BCUT2D eigenvalue weighted by Gasteiger charge is 2.42. The average molecular weight is 536 g/mol. The van der Waals surface area contributed by atoms with Crippen molar-refractivity contribution in [1.82, 2.24) is 4.57 Å². The number of aliphatic carboxylic acids is 1. The number of allylic oxidation sites excluding steroid dienone is 4. The van der Waals surface area contributed by atoms with Crippen LogP contribution in [0.25, 0.3) is 10.8 Å². The van der Waals surface area contributed by atoms with Crippen molar-refractivity contribution in [3.05, 3.63) is 71.0 Å². The number of ether oxygens (including phenoxy) is 1. The third-order valence-corrected chi connectivity index (χ3v) is 7.51. The van der Waals surface area contributed by atoms with E-state index in [4.69, 9.17) is 4.74 Å². The van der Waals surface area contributed by atoms with Gasteiger partial charge in [0.2, 0.25) is 0 Å². The van der Waals surface area contributed by atoms with Crippen LogP contribution in [-0.2, 0) is 11.2 Å². The van der Waals surface area contributed by atoms with E-state index < -0.39 is 23.7 Å². The van der Waals surface area contributed by atoms with Crippen LogP contribution < -0.4 is 4.74 Å². The molecule has 3 atom stereocenters. The number of hydrogen-bond donors (Lipinski definition) is 5. The normalized spacial score (nSPS) is 19.8. The van der Waals surface area contributed by atoms with Gasteiger partial charge in [-0.05, 0) is 77.1 Å². The lowest BCUT2D eigenvalue weighted by Gasteiger charge is -2.40. The molecule has 39 heavy (non-hydrogen) atoms. The first-order valence-corrected chi connectivity index (χ1v) is 13.2. The molecule has 8 nitrogen and oxygen atoms in total. The molecule has 5 N–H and O–H groups in total. The molecule has 0 radical (unpaired) electrons. The van der Waals surface area contributed by atoms with Gasteiger partial charge in [-0.3, -0.25) is 4.57 Å². The Morgan fingerprint density at radius 1 is 1.13 bits per heavy atom. The van der Waals surface area contributed by atoms with Crippen LogP contribution in [0.1, 0.15) is 70.5 Å². The Bertz CT molecular complexity index is 1450. The summed E-state index contributed by atoms with van der Waals surface area (Å²) in [6.45, 7) is 8.08. The first kappa shape index (κ1) is 28.1. The maximum Gasteiger partial charge on any atom is 0.331 e. The maximum atomic E-state index is 12.3. The molecule has 8 heteroatoms. The number of aliphatic hydroxyl groups is 1. The minimum atomic E-state index is -1.33. The van der Waals surface area contributed by atoms with E-state index in [1.807, 2.05) is 6.92 Å². The fourth-order valence-electron chi connectivity index (χ4n) is 5.21. The summed E-state index contributed by atoms with van der Waals surface area (Å²) < 4.78 is 7.58. The summed E-state index contributed by atoms with van der Waals surface area (Å²) in [5, 5.41) is 53.4. The molecule has 0 spiro atoms. The van der Waals surface area contributed by atoms with E-state index in [1.165, 1.54) is 46.2 Å². The smallest absolute Gasteiger partial charge is 0.331 e. The minimum Gasteiger partial charge on any atom is -0.508 e. The number of rotatable bonds is 9. The van der Waals surface area contributed by atoms with Crippen molar-refractivity contribution >= 4 is 16.7 Å². The van der Waals surface area contributed by atoms with Gasteiger partial charge in [0, 0.05) is 23.6 Å². The van der Waals surface area contributed by atoms with E-state index in [2.05, 4.69) is 32.9 Å². The molecule has 0 fully saturated rings. The number of benzene rings is 2. The molecule has 1 aliphatic rings. The lowest BCUT2D eigenvalue weighted by atomic mass is 9.84. The molecule has 1 aliphatic heterocycles. The number of carboxylic acid groups (broad SMARTS) is 1. The molecular formula is C31H37NO7. The van der Waals surface area contributed by atoms with Gasteiger partial charge in [-0.25, -0.2) is 4.79 Å². The average Bonchev–Trinajstić information content (AvgIpc) is 3.16. The van der Waals surface area contributed by atoms with E-state index >= 15 is 0 Å². The molecule has 0 saturated heterocycles. The first-order valence-electron chi connectivity index (χ1n) is 13.2. The van der Waals surface area contributed by atoms with Crippen LogP contribution in [0.2, 0.25) is 0 Å². The predicted octanol–water partition coefficient (Wildman–Crippen LogP) is 5.96. The molecule has 1 aromatic heterocycles. The zero-order chi connectivity index (χ0) is 28.5. The van der Waals surface area contributed by atoms with Gasteiger partial charge in [-0.1, -0.05) is 35.4 Å². The van der Waals surface area contributed by atoms with E-state index in [1.54, 1.807) is 6.07 Å². The zero-order valence-corrected chi connectivity index (χ0v) is 22.8. The lowest BCUT2D eigenvalue weighted by molar-refractivity contribution is -0.139. The number of aliphatic hydroxyl groups excluding tert-OH is 1. The summed E-state index contributed by atoms with van der Waals surface area (Å²) >= 11 is 0. The Morgan fingerprint density at radius 3 is 2.54 bits per heavy atom. The number of nitrogens with zero attached hydrogens (tertiary/aromatic N) is 1. The number of carboxylic acids is 1. The fourth-order valence-corrected chi connectivity index (χ4v) is 5.21. The topological polar surface area (TPSA) is 132 Å². The molecule has 0 unspecified atom stereocenters. The quantitative estimate of drug-likeness (QED) is 0.214. The summed E-state index contributed by atoms with van der Waals surface area (Å²) in [5.74, 6) is -1.52. The highest BCUT2D eigenvalue weighted by molar-refractivity contribution is 5.96. The SMILES string of the molecule is CC(C)=CCCC(C)=CCC[C@]1(C)Oc2c(c(O)cc3c(O)n([C@H](C(=O)O)c4cccc(O)c4)cc23)C[C@@H]1O. The number of fused-ring (bicyclic) bond motifs is 3. The minimum absolute atomic E-state index is 0.0979. The number of carbonyl (C=O) groups is 1. The van der Waals surface area contributed by atoms with Crippen LogP contribution in [0, 0.1) is 0 Å². The Kier molecular flexibility index (Phi) is 7.97. The van der Waals surface area contributed by atoms with Crippen molar-refractivity contribution in [2.75, 3.05) is 0 Å². The van der Waals surface area contributed by atoms with E-state index in [0.717, 1.165) is 12.8 Å². The third-order valence-electron chi connectivity index (χ3n) is 7.51. The van der Waals surface area contributed by atoms with Crippen LogP contribution in [0.5, 0.6) is 23.1 Å². The Balaban J connectivity index is 1.68. The van der Waals surface area contributed by atoms with Crippen LogP contribution in [0.15, 0.2) is 59.8 Å². The standard InChI is InChI=1S/C31H37NO7/c1-18(2)8-5-9-19(3)10-7-13-31(4)26(35)16-23-25(34)15-22-24(28(23)39-31)17-32(29(22)36)27(30(37)38)20-11-6-12-21(33)14-20/h6,8,10-12,14-15,17,26-27,33-36H,5,7,9,13,16H2,1-4H3,(H,37,38)/t26-,27-,31-/m0/s1. The molecule has 0 bridgehead atoms. The van der Waals surface area contributed by atoms with E-state index in [9.17, 15) is 30.3 Å². The summed E-state index contributed by atoms with van der Waals surface area (Å²) in [7, 11) is 0. The van der Waals surface area contributed by atoms with E-state index in [0.29, 0.717) is 29.5 Å². The second-order valence-electron chi connectivity index (χ2n) is 10.9. The third kappa shape index (κ3) is 5.76. The number of phenolic OH excluding ortho intramolecular Hbond substituents is 2. The second kappa shape index (κ2) is 11.1. The van der Waals surface area contributed by atoms with Crippen molar-refractivity contribution in [2.45, 2.75) is 77.5 Å². The molecular weight excluding hydrogens is 498 g/mol. The first-order chi connectivity index (χ1) is 18.4. The van der Waals surface area contributed by atoms with Gasteiger partial charge in [-0.15, -0.1) is 0 Å². The van der Waals surface area contributed by atoms with E-state index in [-0.39, 0.29) is 34.7 Å². The van der Waals surface area contributed by atoms with Crippen molar-refractivity contribution in [3.8, 4) is 23.1 Å². The van der Waals surface area contributed by atoms with Crippen LogP contribution >= 0.6 is 0 Å². The molecule has 2 heterocycles. The van der Waals surface area contributed by atoms with Crippen molar-refractivity contribution in [3.63, 3.8) is 0 Å². The Morgan fingerprint density at radius 2 is 1.87 bits per heavy atom. The van der Waals surface area contributed by atoms with Gasteiger partial charge < -0.3 is 30.3 Å². The van der Waals surface area contributed by atoms with Gasteiger partial charge in [0.05, 0.1) is 11.5 Å². The lowest BCUT2D eigenvalue weighted by Crippen LogP contribution is -2.48. The molecule has 0 aliphatic carbocycles. The van der Waals surface area contributed by atoms with Gasteiger partial charge in [0.25, 0.3) is 0 Å². The van der Waals surface area contributed by atoms with Crippen LogP contribution in [0.3, 0.4) is 0 Å². The molecule has 2 aromatic carbocycles. The highest BCUT2D eigenvalue weighted by Crippen LogP contribution is 2.48. The summed E-state index contributed by atoms with van der Waals surface area (Å²) in [6.07, 6.45) is 8.28. The monoisotopic (exact) mass is 535 g/mol. The van der Waals surface area contributed by atoms with Gasteiger partial charge in [0.15, 0.2) is 11.9 Å². The molecule has 208 valence electrons. The molecule has 0 saturated carbocycles. The number of aromatic hydroxyl groups is 3. The highest BCUT2D eigenvalue weighted by atomic mass is 16.5. The van der Waals surface area contributed by atoms with Gasteiger partial charge in [-0.2, -0.15) is 0 Å². The molecule has 4 rings (SSSR count). The molecule has 0 amide bonds. The summed E-state index contributed by atoms with van der Waals surface area (Å²) in [5.41, 5.74) is 2.26. The largest absolute Gasteiger partial charge is 0.508 e. The number of hydrogen-bond acceptors (Lipinski definition) is 6. The van der Waals surface area contributed by atoms with Crippen LogP contribution in [-0.4, -0.2) is 47.8 Å². The summed E-state index contributed by atoms with van der Waals surface area (Å²) in [6, 6.07) is 5.87. The van der Waals surface area contributed by atoms with Crippen LogP contribution in [0.4, 0.5) is 0 Å².